The third-order valence-electron chi connectivity index (χ3n) is 4.89. The van der Waals surface area contributed by atoms with E-state index in [9.17, 15) is 22.8 Å². The number of halogens is 3. The van der Waals surface area contributed by atoms with Gasteiger partial charge in [0.25, 0.3) is 5.91 Å². The quantitative estimate of drug-likeness (QED) is 0.559. The third kappa shape index (κ3) is 4.74. The van der Waals surface area contributed by atoms with Gasteiger partial charge in [-0.25, -0.2) is 4.98 Å². The Morgan fingerprint density at radius 1 is 1.26 bits per heavy atom. The molecule has 1 aliphatic carbocycles. The molecule has 3 rings (SSSR count). The van der Waals surface area contributed by atoms with Crippen LogP contribution in [-0.4, -0.2) is 43.5 Å². The lowest BCUT2D eigenvalue weighted by atomic mass is 10.1. The van der Waals surface area contributed by atoms with Gasteiger partial charge in [-0.2, -0.15) is 13.2 Å². The number of carbonyl (C=O) groups excluding carboxylic acids is 2. The van der Waals surface area contributed by atoms with Crippen molar-refractivity contribution in [2.75, 3.05) is 25.8 Å². The van der Waals surface area contributed by atoms with Gasteiger partial charge in [-0.1, -0.05) is 23.1 Å². The maximum atomic E-state index is 13.2. The van der Waals surface area contributed by atoms with Crippen LogP contribution >= 0.6 is 23.1 Å². The van der Waals surface area contributed by atoms with E-state index in [1.54, 1.807) is 24.5 Å². The topological polar surface area (TPSA) is 89.5 Å². The molecule has 1 fully saturated rings. The summed E-state index contributed by atoms with van der Waals surface area (Å²) in [6.45, 7) is 0.0814. The number of thioether (sulfide) groups is 1. The maximum absolute atomic E-state index is 13.2. The number of hydrogen-bond acceptors (Lipinski definition) is 7. The highest BCUT2D eigenvalue weighted by Crippen LogP contribution is 2.58. The van der Waals surface area contributed by atoms with Gasteiger partial charge in [0.2, 0.25) is 5.91 Å². The number of rotatable bonds is 8. The highest BCUT2D eigenvalue weighted by Gasteiger charge is 2.68. The van der Waals surface area contributed by atoms with Crippen LogP contribution in [0, 0.1) is 5.41 Å². The van der Waals surface area contributed by atoms with Gasteiger partial charge >= 0.3 is 6.18 Å². The monoisotopic (exact) mass is 475 g/mol. The molecule has 1 saturated carbocycles. The van der Waals surface area contributed by atoms with Crippen LogP contribution in [0.25, 0.3) is 0 Å². The van der Waals surface area contributed by atoms with Gasteiger partial charge in [0.1, 0.15) is 21.9 Å². The molecule has 2 amide bonds. The lowest BCUT2D eigenvalue weighted by Crippen LogP contribution is -2.37. The Morgan fingerprint density at radius 3 is 2.52 bits per heavy atom. The molecule has 2 N–H and O–H groups in total. The summed E-state index contributed by atoms with van der Waals surface area (Å²) >= 11 is 2.18. The smallest absolute Gasteiger partial charge is 0.403 e. The van der Waals surface area contributed by atoms with Crippen molar-refractivity contribution in [2.45, 2.75) is 29.9 Å². The first kappa shape index (κ1) is 23.2. The normalized spacial score (nSPS) is 14.6. The molecule has 31 heavy (non-hydrogen) atoms. The van der Waals surface area contributed by atoms with Crippen LogP contribution in [0.15, 0.2) is 22.5 Å². The zero-order chi connectivity index (χ0) is 22.8. The molecule has 0 spiro atoms. The molecule has 1 aromatic heterocycles. The van der Waals surface area contributed by atoms with E-state index in [0.29, 0.717) is 21.4 Å². The molecule has 0 atom stereocenters. The molecule has 1 aromatic carbocycles. The molecule has 1 aliphatic rings. The summed E-state index contributed by atoms with van der Waals surface area (Å²) in [6, 6.07) is 5.08. The number of benzene rings is 1. The standard InChI is InChI=1S/C19H20F3N3O4S2/c1-28-11-5-4-10(12(8-11)29-2)9-23-14(26)13-15(31-17(24-13)30-3)25-16(27)18(6-7-18)19(20,21)22/h4-5,8H,6-7,9H2,1-3H3,(H,23,26)(H,25,27). The van der Waals surface area contributed by atoms with Crippen LogP contribution in [0.5, 0.6) is 11.5 Å². The summed E-state index contributed by atoms with van der Waals surface area (Å²) in [7, 11) is 3.00. The molecule has 0 radical (unpaired) electrons. The molecule has 0 unspecified atom stereocenters. The predicted octanol–water partition coefficient (Wildman–Crippen LogP) is 4.09. The van der Waals surface area contributed by atoms with Gasteiger partial charge in [0.15, 0.2) is 10.0 Å². The number of carbonyl (C=O) groups is 2. The fraction of sp³-hybridized carbons (Fsp3) is 0.421. The lowest BCUT2D eigenvalue weighted by molar-refractivity contribution is -0.189. The van der Waals surface area contributed by atoms with Crippen molar-refractivity contribution in [3.05, 3.63) is 29.5 Å². The zero-order valence-electron chi connectivity index (χ0n) is 16.9. The number of nitrogens with zero attached hydrogens (tertiary/aromatic N) is 1. The predicted molar refractivity (Wildman–Crippen MR) is 111 cm³/mol. The first-order valence-corrected chi connectivity index (χ1v) is 11.1. The van der Waals surface area contributed by atoms with Crippen LogP contribution in [0.2, 0.25) is 0 Å². The molecule has 2 aromatic rings. The molecule has 0 aliphatic heterocycles. The minimum atomic E-state index is -4.64. The van der Waals surface area contributed by atoms with Crippen molar-refractivity contribution < 1.29 is 32.2 Å². The number of thiazole rings is 1. The number of alkyl halides is 3. The Bertz CT molecular complexity index is 990. The van der Waals surface area contributed by atoms with E-state index in [0.717, 1.165) is 11.3 Å². The first-order chi connectivity index (χ1) is 14.6. The van der Waals surface area contributed by atoms with Crippen LogP contribution in [0.1, 0.15) is 28.9 Å². The molecule has 7 nitrogen and oxygen atoms in total. The van der Waals surface area contributed by atoms with Gasteiger partial charge in [0.05, 0.1) is 14.2 Å². The second-order valence-electron chi connectivity index (χ2n) is 6.76. The van der Waals surface area contributed by atoms with E-state index in [1.165, 1.54) is 26.0 Å². The van der Waals surface area contributed by atoms with E-state index in [-0.39, 0.29) is 30.1 Å². The second kappa shape index (κ2) is 8.95. The van der Waals surface area contributed by atoms with Gasteiger partial charge in [-0.15, -0.1) is 0 Å². The first-order valence-electron chi connectivity index (χ1n) is 9.07. The molecule has 0 bridgehead atoms. The summed E-state index contributed by atoms with van der Waals surface area (Å²) in [5.74, 6) is -0.708. The molecule has 1 heterocycles. The molecule has 12 heteroatoms. The van der Waals surface area contributed by atoms with Crippen LogP contribution in [0.3, 0.4) is 0 Å². The van der Waals surface area contributed by atoms with Gasteiger partial charge in [0, 0.05) is 18.2 Å². The average molecular weight is 476 g/mol. The van der Waals surface area contributed by atoms with Crippen LogP contribution in [0.4, 0.5) is 18.2 Å². The van der Waals surface area contributed by atoms with Gasteiger partial charge in [-0.05, 0) is 31.2 Å². The minimum Gasteiger partial charge on any atom is -0.497 e. The number of hydrogen-bond donors (Lipinski definition) is 2. The van der Waals surface area contributed by atoms with Crippen molar-refractivity contribution in [2.24, 2.45) is 5.41 Å². The van der Waals surface area contributed by atoms with Crippen molar-refractivity contribution in [1.29, 1.82) is 0 Å². The molecular formula is C19H20F3N3O4S2. The highest BCUT2D eigenvalue weighted by molar-refractivity contribution is 8.00. The summed E-state index contributed by atoms with van der Waals surface area (Å²) in [5.41, 5.74) is -1.86. The molecule has 168 valence electrons. The van der Waals surface area contributed by atoms with Crippen LogP contribution in [-0.2, 0) is 11.3 Å². The fourth-order valence-corrected chi connectivity index (χ4v) is 4.33. The molecular weight excluding hydrogens is 455 g/mol. The van der Waals surface area contributed by atoms with Crippen molar-refractivity contribution >= 4 is 39.9 Å². The molecule has 0 saturated heterocycles. The SMILES string of the molecule is COc1ccc(CNC(=O)c2nc(SC)sc2NC(=O)C2(C(F)(F)F)CC2)c(OC)c1. The summed E-state index contributed by atoms with van der Waals surface area (Å²) in [4.78, 5) is 29.2. The fourth-order valence-electron chi connectivity index (χ4n) is 2.87. The second-order valence-corrected chi connectivity index (χ2v) is 8.81. The number of anilines is 1. The highest BCUT2D eigenvalue weighted by atomic mass is 32.2. The Balaban J connectivity index is 1.76. The Morgan fingerprint density at radius 2 is 1.97 bits per heavy atom. The summed E-state index contributed by atoms with van der Waals surface area (Å²) in [6.07, 6.45) is -3.46. The number of nitrogens with one attached hydrogen (secondary N) is 2. The number of methoxy groups -OCH3 is 2. The van der Waals surface area contributed by atoms with Crippen molar-refractivity contribution in [3.8, 4) is 11.5 Å². The van der Waals surface area contributed by atoms with E-state index < -0.39 is 23.4 Å². The maximum Gasteiger partial charge on any atom is 0.403 e. The van der Waals surface area contributed by atoms with E-state index in [4.69, 9.17) is 9.47 Å². The minimum absolute atomic E-state index is 0.0101. The van der Waals surface area contributed by atoms with Crippen LogP contribution < -0.4 is 20.1 Å². The summed E-state index contributed by atoms with van der Waals surface area (Å²) < 4.78 is 50.6. The number of amides is 2. The Hall–Kier alpha value is -2.47. The van der Waals surface area contributed by atoms with Crippen molar-refractivity contribution in [3.63, 3.8) is 0 Å². The van der Waals surface area contributed by atoms with E-state index in [1.807, 2.05) is 0 Å². The van der Waals surface area contributed by atoms with Gasteiger partial charge < -0.3 is 20.1 Å². The average Bonchev–Trinajstić information content (AvgIpc) is 3.48. The number of aromatic nitrogens is 1. The number of ether oxygens (including phenoxy) is 2. The Kier molecular flexibility index (Phi) is 6.70. The van der Waals surface area contributed by atoms with Crippen molar-refractivity contribution in [1.82, 2.24) is 10.3 Å². The lowest BCUT2D eigenvalue weighted by Gasteiger charge is -2.18. The van der Waals surface area contributed by atoms with E-state index in [2.05, 4.69) is 15.6 Å². The summed E-state index contributed by atoms with van der Waals surface area (Å²) in [5, 5.41) is 4.93. The largest absolute Gasteiger partial charge is 0.497 e. The zero-order valence-corrected chi connectivity index (χ0v) is 18.5. The van der Waals surface area contributed by atoms with Gasteiger partial charge in [-0.3, -0.25) is 9.59 Å². The Labute approximate surface area is 184 Å². The van der Waals surface area contributed by atoms with E-state index >= 15 is 0 Å². The third-order valence-corrected chi connectivity index (χ3v) is 6.84.